The Morgan fingerprint density at radius 3 is 2.24 bits per heavy atom. The summed E-state index contributed by atoms with van der Waals surface area (Å²) in [5.74, 6) is 0. The van der Waals surface area contributed by atoms with Gasteiger partial charge < -0.3 is 15.1 Å². The van der Waals surface area contributed by atoms with Crippen molar-refractivity contribution in [2.24, 2.45) is 0 Å². The van der Waals surface area contributed by atoms with Crippen molar-refractivity contribution >= 4 is 16.1 Å². The molecule has 0 spiro atoms. The molecule has 2 amide bonds. The van der Waals surface area contributed by atoms with Gasteiger partial charge >= 0.3 is 6.03 Å². The number of nitrogens with zero attached hydrogens (tertiary/aromatic N) is 2. The van der Waals surface area contributed by atoms with Crippen LogP contribution in [0.4, 0.5) is 4.79 Å². The van der Waals surface area contributed by atoms with Crippen molar-refractivity contribution in [3.8, 4) is 0 Å². The minimum Gasteiger partial charge on any atom is -0.336 e. The molecular formula is C13H28N4O3S. The molecule has 0 radical (unpaired) electrons. The molecular weight excluding hydrogens is 292 g/mol. The number of hydrogen-bond donors (Lipinski definition) is 2. The van der Waals surface area contributed by atoms with E-state index in [0.29, 0.717) is 32.5 Å². The molecule has 8 heteroatoms. The molecule has 7 nitrogen and oxygen atoms in total. The van der Waals surface area contributed by atoms with Crippen molar-refractivity contribution in [3.05, 3.63) is 0 Å². The molecule has 1 fully saturated rings. The van der Waals surface area contributed by atoms with Crippen LogP contribution in [0, 0.1) is 0 Å². The maximum atomic E-state index is 12.1. The van der Waals surface area contributed by atoms with E-state index in [1.54, 1.807) is 4.90 Å². The number of piperidine rings is 1. The Labute approximate surface area is 128 Å². The highest BCUT2D eigenvalue weighted by atomic mass is 32.2. The highest BCUT2D eigenvalue weighted by Gasteiger charge is 2.26. The molecule has 0 aromatic rings. The Morgan fingerprint density at radius 1 is 1.29 bits per heavy atom. The van der Waals surface area contributed by atoms with E-state index < -0.39 is 10.0 Å². The standard InChI is InChI=1S/C13H28N4O3S/c1-13(2,16(3)4)10-14-12(18)17-8-6-11(7-9-17)15-21(5,19)20/h11,15H,6-10H2,1-5H3,(H,14,18). The number of nitrogens with one attached hydrogen (secondary N) is 2. The molecule has 21 heavy (non-hydrogen) atoms. The summed E-state index contributed by atoms with van der Waals surface area (Å²) >= 11 is 0. The number of likely N-dealkylation sites (N-methyl/N-ethyl adjacent to an activating group) is 1. The predicted octanol–water partition coefficient (Wildman–Crippen LogP) is 0.0498. The van der Waals surface area contributed by atoms with Crippen LogP contribution in [0.3, 0.4) is 0 Å². The third-order valence-electron chi connectivity index (χ3n) is 4.05. The average Bonchev–Trinajstić information content (AvgIpc) is 2.35. The van der Waals surface area contributed by atoms with E-state index in [0.717, 1.165) is 6.26 Å². The molecule has 0 aliphatic carbocycles. The van der Waals surface area contributed by atoms with Gasteiger partial charge in [-0.25, -0.2) is 17.9 Å². The van der Waals surface area contributed by atoms with E-state index in [1.165, 1.54) is 0 Å². The van der Waals surface area contributed by atoms with Crippen molar-refractivity contribution in [1.29, 1.82) is 0 Å². The van der Waals surface area contributed by atoms with Gasteiger partial charge in [-0.1, -0.05) is 0 Å². The van der Waals surface area contributed by atoms with Gasteiger partial charge in [0.25, 0.3) is 0 Å². The van der Waals surface area contributed by atoms with Crippen LogP contribution in [0.2, 0.25) is 0 Å². The number of carbonyl (C=O) groups is 1. The van der Waals surface area contributed by atoms with Crippen molar-refractivity contribution in [2.75, 3.05) is 40.0 Å². The van der Waals surface area contributed by atoms with Gasteiger partial charge in [-0.3, -0.25) is 0 Å². The Bertz CT molecular complexity index is 454. The van der Waals surface area contributed by atoms with E-state index in [1.807, 2.05) is 14.1 Å². The lowest BCUT2D eigenvalue weighted by Gasteiger charge is -2.35. The van der Waals surface area contributed by atoms with Gasteiger partial charge in [-0.05, 0) is 40.8 Å². The molecule has 1 aliphatic rings. The first-order valence-corrected chi connectivity index (χ1v) is 9.08. The first kappa shape index (κ1) is 18.2. The molecule has 1 rings (SSSR count). The second kappa shape index (κ2) is 6.93. The normalized spacial score (nSPS) is 18.1. The highest BCUT2D eigenvalue weighted by molar-refractivity contribution is 7.88. The minimum absolute atomic E-state index is 0.0673. The van der Waals surface area contributed by atoms with Crippen LogP contribution in [-0.2, 0) is 10.0 Å². The largest absolute Gasteiger partial charge is 0.336 e. The maximum absolute atomic E-state index is 12.1. The maximum Gasteiger partial charge on any atom is 0.317 e. The molecule has 124 valence electrons. The number of urea groups is 1. The number of likely N-dealkylation sites (tertiary alicyclic amines) is 1. The summed E-state index contributed by atoms with van der Waals surface area (Å²) < 4.78 is 25.0. The Hall–Kier alpha value is -0.860. The molecule has 1 aliphatic heterocycles. The number of amides is 2. The van der Waals surface area contributed by atoms with E-state index in [2.05, 4.69) is 28.8 Å². The van der Waals surface area contributed by atoms with Gasteiger partial charge in [-0.2, -0.15) is 0 Å². The number of hydrogen-bond acceptors (Lipinski definition) is 4. The van der Waals surface area contributed by atoms with Crippen molar-refractivity contribution in [2.45, 2.75) is 38.3 Å². The summed E-state index contributed by atoms with van der Waals surface area (Å²) in [6, 6.07) is -0.148. The summed E-state index contributed by atoms with van der Waals surface area (Å²) in [4.78, 5) is 15.9. The smallest absolute Gasteiger partial charge is 0.317 e. The summed E-state index contributed by atoms with van der Waals surface area (Å²) in [7, 11) is 0.786. The third kappa shape index (κ3) is 6.19. The minimum atomic E-state index is -3.18. The summed E-state index contributed by atoms with van der Waals surface area (Å²) in [5, 5.41) is 2.94. The molecule has 0 saturated carbocycles. The number of rotatable bonds is 5. The molecule has 0 atom stereocenters. The lowest BCUT2D eigenvalue weighted by molar-refractivity contribution is 0.160. The zero-order valence-corrected chi connectivity index (χ0v) is 14.5. The van der Waals surface area contributed by atoms with Crippen molar-refractivity contribution in [3.63, 3.8) is 0 Å². The van der Waals surface area contributed by atoms with Gasteiger partial charge in [0.1, 0.15) is 0 Å². The third-order valence-corrected chi connectivity index (χ3v) is 4.81. The lowest BCUT2D eigenvalue weighted by Crippen LogP contribution is -2.53. The lowest BCUT2D eigenvalue weighted by atomic mass is 10.0. The van der Waals surface area contributed by atoms with Crippen LogP contribution in [0.1, 0.15) is 26.7 Å². The predicted molar refractivity (Wildman–Crippen MR) is 83.7 cm³/mol. The van der Waals surface area contributed by atoms with Gasteiger partial charge in [0.15, 0.2) is 0 Å². The van der Waals surface area contributed by atoms with E-state index in [-0.39, 0.29) is 17.6 Å². The van der Waals surface area contributed by atoms with Crippen LogP contribution in [0.15, 0.2) is 0 Å². The quantitative estimate of drug-likeness (QED) is 0.750. The van der Waals surface area contributed by atoms with Gasteiger partial charge in [0.05, 0.1) is 6.26 Å². The zero-order valence-electron chi connectivity index (χ0n) is 13.6. The Morgan fingerprint density at radius 2 is 1.81 bits per heavy atom. The summed E-state index contributed by atoms with van der Waals surface area (Å²) in [6.07, 6.45) is 2.46. The van der Waals surface area contributed by atoms with Crippen LogP contribution in [0.25, 0.3) is 0 Å². The van der Waals surface area contributed by atoms with Crippen LogP contribution < -0.4 is 10.0 Å². The topological polar surface area (TPSA) is 81.8 Å². The SMILES string of the molecule is CN(C)C(C)(C)CNC(=O)N1CCC(NS(C)(=O)=O)CC1. The molecule has 2 N–H and O–H groups in total. The zero-order chi connectivity index (χ0) is 16.3. The Balaban J connectivity index is 2.39. The van der Waals surface area contributed by atoms with E-state index in [4.69, 9.17) is 0 Å². The second-order valence-electron chi connectivity index (χ2n) is 6.52. The van der Waals surface area contributed by atoms with Crippen molar-refractivity contribution in [1.82, 2.24) is 19.8 Å². The van der Waals surface area contributed by atoms with Gasteiger partial charge in [0.2, 0.25) is 10.0 Å². The number of sulfonamides is 1. The first-order chi connectivity index (χ1) is 9.51. The molecule has 1 saturated heterocycles. The fraction of sp³-hybridized carbons (Fsp3) is 0.923. The van der Waals surface area contributed by atoms with Gasteiger partial charge in [-0.15, -0.1) is 0 Å². The van der Waals surface area contributed by atoms with E-state index in [9.17, 15) is 13.2 Å². The molecule has 0 aromatic heterocycles. The van der Waals surface area contributed by atoms with Crippen molar-refractivity contribution < 1.29 is 13.2 Å². The molecule has 0 unspecified atom stereocenters. The molecule has 0 bridgehead atoms. The summed E-state index contributed by atoms with van der Waals surface area (Å²) in [6.45, 7) is 5.84. The fourth-order valence-electron chi connectivity index (χ4n) is 2.07. The highest BCUT2D eigenvalue weighted by Crippen LogP contribution is 2.12. The first-order valence-electron chi connectivity index (χ1n) is 7.19. The molecule has 0 aromatic carbocycles. The van der Waals surface area contributed by atoms with Crippen LogP contribution in [0.5, 0.6) is 0 Å². The van der Waals surface area contributed by atoms with E-state index >= 15 is 0 Å². The second-order valence-corrected chi connectivity index (χ2v) is 8.30. The fourth-order valence-corrected chi connectivity index (χ4v) is 2.91. The van der Waals surface area contributed by atoms with Crippen LogP contribution in [-0.4, -0.2) is 75.8 Å². The summed E-state index contributed by atoms with van der Waals surface area (Å²) in [5.41, 5.74) is -0.105. The van der Waals surface area contributed by atoms with Gasteiger partial charge in [0, 0.05) is 31.2 Å². The monoisotopic (exact) mass is 320 g/mol. The molecule has 1 heterocycles. The average molecular weight is 320 g/mol. The Kier molecular flexibility index (Phi) is 6.01. The van der Waals surface area contributed by atoms with Crippen LogP contribution >= 0.6 is 0 Å². The number of carbonyl (C=O) groups excluding carboxylic acids is 1.